The molecule has 0 fully saturated rings. The maximum absolute atomic E-state index is 13.1. The summed E-state index contributed by atoms with van der Waals surface area (Å²) in [6.07, 6.45) is 14.7. The van der Waals surface area contributed by atoms with Crippen molar-refractivity contribution in [3.8, 4) is 0 Å². The third-order valence-corrected chi connectivity index (χ3v) is 8.16. The van der Waals surface area contributed by atoms with Crippen LogP contribution in [0.5, 0.6) is 0 Å². The summed E-state index contributed by atoms with van der Waals surface area (Å²) in [7, 11) is 0. The molecule has 1 aliphatic carbocycles. The minimum absolute atomic E-state index is 0.0958. The zero-order valence-corrected chi connectivity index (χ0v) is 24.6. The van der Waals surface area contributed by atoms with Gasteiger partial charge in [0, 0.05) is 17.9 Å². The Labute approximate surface area is 241 Å². The summed E-state index contributed by atoms with van der Waals surface area (Å²) in [6.45, 7) is 10.4. The monoisotopic (exact) mass is 556 g/mol. The molecule has 2 aliphatic heterocycles. The van der Waals surface area contributed by atoms with Crippen LogP contribution >= 0.6 is 0 Å². The second-order valence-electron chi connectivity index (χ2n) is 12.0. The fourth-order valence-electron chi connectivity index (χ4n) is 6.09. The number of nitrogens with zero attached hydrogens (tertiary/aromatic N) is 1. The highest BCUT2D eigenvalue weighted by atomic mass is 16.7. The van der Waals surface area contributed by atoms with Gasteiger partial charge < -0.3 is 19.6 Å². The molecule has 7 nitrogen and oxygen atoms in total. The van der Waals surface area contributed by atoms with E-state index in [-0.39, 0.29) is 29.5 Å². The fourth-order valence-corrected chi connectivity index (χ4v) is 6.09. The molecule has 0 saturated heterocycles. The third kappa shape index (κ3) is 6.52. The number of carboxylic acids is 1. The van der Waals surface area contributed by atoms with Gasteiger partial charge in [-0.05, 0) is 103 Å². The zero-order chi connectivity index (χ0) is 29.3. The van der Waals surface area contributed by atoms with Crippen LogP contribution in [0.1, 0.15) is 89.3 Å². The molecule has 0 unspecified atom stereocenters. The zero-order valence-electron chi connectivity index (χ0n) is 24.6. The predicted octanol–water partition coefficient (Wildman–Crippen LogP) is 7.48. The Kier molecular flexibility index (Phi) is 8.30. The van der Waals surface area contributed by atoms with E-state index >= 15 is 0 Å². The number of fused-ring (bicyclic) bond motifs is 2. The highest BCUT2D eigenvalue weighted by Crippen LogP contribution is 2.45. The van der Waals surface area contributed by atoms with Crippen LogP contribution in [-0.4, -0.2) is 44.8 Å². The van der Waals surface area contributed by atoms with Crippen LogP contribution < -0.4 is 0 Å². The molecular formula is C34H40N2O5. The van der Waals surface area contributed by atoms with Crippen molar-refractivity contribution in [2.24, 2.45) is 5.92 Å². The van der Waals surface area contributed by atoms with Gasteiger partial charge in [0.25, 0.3) is 0 Å². The van der Waals surface area contributed by atoms with Gasteiger partial charge in [-0.3, -0.25) is 4.79 Å². The van der Waals surface area contributed by atoms with Crippen molar-refractivity contribution in [2.45, 2.75) is 91.1 Å². The van der Waals surface area contributed by atoms with Crippen LogP contribution in [0.2, 0.25) is 0 Å². The topological polar surface area (TPSA) is 102 Å². The van der Waals surface area contributed by atoms with Crippen molar-refractivity contribution in [1.29, 1.82) is 0 Å². The Morgan fingerprint density at radius 3 is 2.73 bits per heavy atom. The Hall–Kier alpha value is -3.55. The summed E-state index contributed by atoms with van der Waals surface area (Å²) in [5.74, 6) is -1.59. The lowest BCUT2D eigenvalue weighted by Gasteiger charge is -2.45. The van der Waals surface area contributed by atoms with Gasteiger partial charge >= 0.3 is 5.97 Å². The summed E-state index contributed by atoms with van der Waals surface area (Å²) in [5.41, 5.74) is 6.91. The number of ketones is 1. The summed E-state index contributed by atoms with van der Waals surface area (Å²) in [4.78, 5) is 32.9. The first kappa shape index (κ1) is 29.0. The molecular weight excluding hydrogens is 516 g/mol. The molecule has 7 heteroatoms. The van der Waals surface area contributed by atoms with Crippen LogP contribution in [0.3, 0.4) is 0 Å². The molecule has 2 aromatic rings. The van der Waals surface area contributed by atoms with Crippen LogP contribution in [0.15, 0.2) is 70.9 Å². The number of hydrogen-bond donors (Lipinski definition) is 2. The van der Waals surface area contributed by atoms with E-state index in [4.69, 9.17) is 14.5 Å². The van der Waals surface area contributed by atoms with Gasteiger partial charge in [-0.25, -0.2) is 9.78 Å². The van der Waals surface area contributed by atoms with Crippen LogP contribution in [0.25, 0.3) is 16.6 Å². The SMILES string of the molecule is CC(C)=CCC/C(C)=C/[C@@H]1CC(C)=C[C@]2(C=C(c3nc4ccc(C(=O)O)cc4[nH]3)[C@H]3CC(=O)C(C)=CCC[C@@H]3O2)O1. The molecule has 216 valence electrons. The highest BCUT2D eigenvalue weighted by Gasteiger charge is 2.46. The molecule has 41 heavy (non-hydrogen) atoms. The maximum Gasteiger partial charge on any atom is 0.335 e. The molecule has 3 heterocycles. The second-order valence-corrected chi connectivity index (χ2v) is 12.0. The van der Waals surface area contributed by atoms with E-state index < -0.39 is 11.8 Å². The molecule has 4 atom stereocenters. The minimum Gasteiger partial charge on any atom is -0.478 e. The number of Topliss-reactive ketones (excluding diaryl/α,β-unsaturated/α-hetero) is 1. The van der Waals surface area contributed by atoms with Crippen molar-refractivity contribution >= 4 is 28.4 Å². The summed E-state index contributed by atoms with van der Waals surface area (Å²) >= 11 is 0. The number of carboxylic acid groups (broad SMARTS) is 1. The van der Waals surface area contributed by atoms with E-state index in [1.807, 2.05) is 19.1 Å². The summed E-state index contributed by atoms with van der Waals surface area (Å²) in [5, 5.41) is 9.48. The Balaban J connectivity index is 1.56. The van der Waals surface area contributed by atoms with E-state index in [0.717, 1.165) is 43.3 Å². The number of H-pyrrole nitrogens is 1. The number of carbonyl (C=O) groups excluding carboxylic acids is 1. The quantitative estimate of drug-likeness (QED) is 0.358. The minimum atomic E-state index is -1.09. The van der Waals surface area contributed by atoms with Gasteiger partial charge in [-0.15, -0.1) is 0 Å². The lowest BCUT2D eigenvalue weighted by atomic mass is 9.79. The van der Waals surface area contributed by atoms with Crippen LogP contribution in [0.4, 0.5) is 0 Å². The first-order valence-electron chi connectivity index (χ1n) is 14.5. The smallest absolute Gasteiger partial charge is 0.335 e. The number of carbonyl (C=O) groups is 2. The van der Waals surface area contributed by atoms with E-state index in [1.54, 1.807) is 18.2 Å². The number of aromatic nitrogens is 2. The van der Waals surface area contributed by atoms with Gasteiger partial charge in [0.15, 0.2) is 5.78 Å². The molecule has 1 aromatic carbocycles. The fraction of sp³-hybridized carbons (Fsp3) is 0.441. The van der Waals surface area contributed by atoms with Gasteiger partial charge in [0.05, 0.1) is 28.8 Å². The lowest BCUT2D eigenvalue weighted by molar-refractivity contribution is -0.230. The van der Waals surface area contributed by atoms with Crippen molar-refractivity contribution in [2.75, 3.05) is 0 Å². The molecule has 1 spiro atoms. The van der Waals surface area contributed by atoms with Gasteiger partial charge in [0.2, 0.25) is 5.79 Å². The van der Waals surface area contributed by atoms with Gasteiger partial charge in [-0.2, -0.15) is 0 Å². The number of allylic oxidation sites excluding steroid dienone is 5. The molecule has 5 rings (SSSR count). The predicted molar refractivity (Wildman–Crippen MR) is 160 cm³/mol. The molecule has 0 bridgehead atoms. The molecule has 0 radical (unpaired) electrons. The average molecular weight is 557 g/mol. The maximum atomic E-state index is 13.1. The van der Waals surface area contributed by atoms with E-state index in [1.165, 1.54) is 16.7 Å². The molecule has 2 N–H and O–H groups in total. The summed E-state index contributed by atoms with van der Waals surface area (Å²) < 4.78 is 13.5. The normalized spacial score (nSPS) is 27.0. The molecule has 0 amide bonds. The lowest BCUT2D eigenvalue weighted by Crippen LogP contribution is -2.48. The number of hydrogen-bond acceptors (Lipinski definition) is 5. The first-order valence-corrected chi connectivity index (χ1v) is 14.5. The van der Waals surface area contributed by atoms with Gasteiger partial charge in [-0.1, -0.05) is 34.9 Å². The Morgan fingerprint density at radius 2 is 1.98 bits per heavy atom. The van der Waals surface area contributed by atoms with Crippen molar-refractivity contribution in [1.82, 2.24) is 9.97 Å². The summed E-state index contributed by atoms with van der Waals surface area (Å²) in [6, 6.07) is 4.86. The number of aromatic amines is 1. The molecule has 3 aliphatic rings. The number of nitrogens with one attached hydrogen (secondary N) is 1. The average Bonchev–Trinajstić information content (AvgIpc) is 3.32. The van der Waals surface area contributed by atoms with Crippen molar-refractivity contribution < 1.29 is 24.2 Å². The second kappa shape index (κ2) is 11.7. The number of imidazole rings is 1. The number of ether oxygens (including phenoxy) is 2. The largest absolute Gasteiger partial charge is 0.478 e. The van der Waals surface area contributed by atoms with Crippen molar-refractivity contribution in [3.63, 3.8) is 0 Å². The van der Waals surface area contributed by atoms with Gasteiger partial charge in [0.1, 0.15) is 5.82 Å². The molecule has 0 saturated carbocycles. The number of benzene rings is 1. The van der Waals surface area contributed by atoms with Crippen LogP contribution in [0, 0.1) is 5.92 Å². The Bertz CT molecular complexity index is 1520. The standard InChI is InChI=1S/C34H40N2O5/c1-20(2)8-6-9-21(3)14-25-15-22(4)18-34(40-25)19-27(26-17-30(37)23(5)10-7-11-31(26)41-34)32-35-28-13-12-24(33(38)39)16-29(28)36-32/h8,10,12-14,16,18-19,25-26,31H,6-7,9,11,15,17H2,1-5H3,(H,35,36)(H,38,39)/b21-14+,23-10?/t25-,26-,31+,34+/m1/s1. The number of rotatable bonds is 6. The van der Waals surface area contributed by atoms with Crippen LogP contribution in [-0.2, 0) is 14.3 Å². The van der Waals surface area contributed by atoms with Crippen molar-refractivity contribution in [3.05, 3.63) is 82.3 Å². The van der Waals surface area contributed by atoms with E-state index in [0.29, 0.717) is 23.3 Å². The third-order valence-electron chi connectivity index (χ3n) is 8.16. The molecule has 1 aromatic heterocycles. The first-order chi connectivity index (χ1) is 19.5. The van der Waals surface area contributed by atoms with E-state index in [2.05, 4.69) is 50.9 Å². The Morgan fingerprint density at radius 1 is 1.17 bits per heavy atom. The number of aromatic carboxylic acids is 1. The highest BCUT2D eigenvalue weighted by molar-refractivity contribution is 5.96. The van der Waals surface area contributed by atoms with E-state index in [9.17, 15) is 14.7 Å².